The fourth-order valence-electron chi connectivity index (χ4n) is 3.74. The van der Waals surface area contributed by atoms with E-state index in [1.165, 1.54) is 29.2 Å². The van der Waals surface area contributed by atoms with Gasteiger partial charge in [0.1, 0.15) is 11.5 Å². The van der Waals surface area contributed by atoms with Crippen LogP contribution in [0.15, 0.2) is 41.2 Å². The molecule has 0 saturated carbocycles. The molecule has 1 unspecified atom stereocenters. The maximum atomic E-state index is 15.3. The Labute approximate surface area is 227 Å². The van der Waals surface area contributed by atoms with Gasteiger partial charge in [-0.15, -0.1) is 0 Å². The van der Waals surface area contributed by atoms with E-state index < -0.39 is 17.9 Å². The number of hydrogen-bond acceptors (Lipinski definition) is 8. The number of amides is 2. The Balaban J connectivity index is 1.51. The lowest BCUT2D eigenvalue weighted by atomic mass is 9.98. The summed E-state index contributed by atoms with van der Waals surface area (Å²) in [6.45, 7) is 3.96. The molecule has 0 aliphatic carbocycles. The summed E-state index contributed by atoms with van der Waals surface area (Å²) in [6, 6.07) is 4.96. The molecule has 2 N–H and O–H groups in total. The number of hydrogen-bond donors (Lipinski definition) is 2. The quantitative estimate of drug-likeness (QED) is 0.279. The highest BCUT2D eigenvalue weighted by Gasteiger charge is 2.22. The van der Waals surface area contributed by atoms with Gasteiger partial charge in [0.2, 0.25) is 0 Å². The standard InChI is InChI=1S/C24H25Cl2FN8O3/c1-5-35(30-11-16-9-21(37-4)33-38-16)24(36)31-13(2)23-19(27)6-14(10-28-23)17-7-15(25)8-18(26)22(17)20-12-29-34(3)32-20/h6-10,12-13,30H,5,11H2,1-4H3,(H,31,36). The van der Waals surface area contributed by atoms with Crippen LogP contribution in [0.5, 0.6) is 5.88 Å². The molecule has 38 heavy (non-hydrogen) atoms. The van der Waals surface area contributed by atoms with Crippen molar-refractivity contribution in [3.63, 3.8) is 0 Å². The number of ether oxygens (including phenoxy) is 1. The molecular weight excluding hydrogens is 538 g/mol. The number of aromatic nitrogens is 5. The number of methoxy groups -OCH3 is 1. The topological polar surface area (TPSA) is 123 Å². The second kappa shape index (κ2) is 11.8. The molecule has 0 bridgehead atoms. The van der Waals surface area contributed by atoms with Gasteiger partial charge in [0.15, 0.2) is 5.76 Å². The monoisotopic (exact) mass is 562 g/mol. The molecule has 3 heterocycles. The van der Waals surface area contributed by atoms with Crippen LogP contribution in [0.4, 0.5) is 9.18 Å². The number of halogens is 3. The van der Waals surface area contributed by atoms with Gasteiger partial charge in [-0.1, -0.05) is 23.2 Å². The summed E-state index contributed by atoms with van der Waals surface area (Å²) in [4.78, 5) is 18.5. The molecule has 200 valence electrons. The summed E-state index contributed by atoms with van der Waals surface area (Å²) in [5.74, 6) is 0.199. The zero-order chi connectivity index (χ0) is 27.4. The predicted octanol–water partition coefficient (Wildman–Crippen LogP) is 4.78. The minimum Gasteiger partial charge on any atom is -0.479 e. The minimum absolute atomic E-state index is 0.0623. The molecule has 0 fully saturated rings. The van der Waals surface area contributed by atoms with Crippen molar-refractivity contribution in [1.29, 1.82) is 0 Å². The van der Waals surface area contributed by atoms with Gasteiger partial charge in [-0.2, -0.15) is 15.0 Å². The molecule has 2 amide bonds. The number of pyridine rings is 1. The highest BCUT2D eigenvalue weighted by atomic mass is 35.5. The summed E-state index contributed by atoms with van der Waals surface area (Å²) in [5.41, 5.74) is 5.04. The molecule has 1 aromatic carbocycles. The first kappa shape index (κ1) is 27.3. The Kier molecular flexibility index (Phi) is 8.45. The van der Waals surface area contributed by atoms with E-state index in [1.54, 1.807) is 45.3 Å². The van der Waals surface area contributed by atoms with Gasteiger partial charge in [0, 0.05) is 42.0 Å². The lowest BCUT2D eigenvalue weighted by molar-refractivity contribution is 0.165. The van der Waals surface area contributed by atoms with Crippen molar-refractivity contribution in [3.05, 3.63) is 64.0 Å². The van der Waals surface area contributed by atoms with Gasteiger partial charge in [0.05, 0.1) is 36.6 Å². The largest absolute Gasteiger partial charge is 0.479 e. The molecule has 0 saturated heterocycles. The molecule has 0 aliphatic heterocycles. The van der Waals surface area contributed by atoms with E-state index in [-0.39, 0.29) is 12.2 Å². The van der Waals surface area contributed by atoms with E-state index in [1.807, 2.05) is 0 Å². The van der Waals surface area contributed by atoms with Crippen molar-refractivity contribution >= 4 is 29.2 Å². The Morgan fingerprint density at radius 3 is 2.68 bits per heavy atom. The van der Waals surface area contributed by atoms with Gasteiger partial charge in [-0.25, -0.2) is 14.6 Å². The molecule has 1 atom stereocenters. The molecule has 4 rings (SSSR count). The molecule has 0 spiro atoms. The lowest BCUT2D eigenvalue weighted by Gasteiger charge is -2.24. The van der Waals surface area contributed by atoms with Crippen LogP contribution in [-0.4, -0.2) is 49.8 Å². The summed E-state index contributed by atoms with van der Waals surface area (Å²) >= 11 is 12.7. The highest BCUT2D eigenvalue weighted by Crippen LogP contribution is 2.39. The fourth-order valence-corrected chi connectivity index (χ4v) is 4.33. The molecule has 14 heteroatoms. The number of urea groups is 1. The summed E-state index contributed by atoms with van der Waals surface area (Å²) in [6.07, 6.45) is 3.05. The number of carbonyl (C=O) groups excluding carboxylic acids is 1. The number of hydrazine groups is 1. The number of benzene rings is 1. The van der Waals surface area contributed by atoms with Crippen LogP contribution < -0.4 is 15.5 Å². The van der Waals surface area contributed by atoms with Gasteiger partial charge in [-0.3, -0.25) is 9.99 Å². The number of carbonyl (C=O) groups is 1. The SMILES string of the molecule is CCN(NCc1cc(OC)no1)C(=O)NC(C)c1ncc(-c2cc(Cl)cc(Cl)c2-c2cnn(C)n2)cc1F. The zero-order valence-electron chi connectivity index (χ0n) is 21.0. The normalized spacial score (nSPS) is 11.9. The van der Waals surface area contributed by atoms with Gasteiger partial charge >= 0.3 is 6.03 Å². The molecule has 11 nitrogen and oxygen atoms in total. The van der Waals surface area contributed by atoms with E-state index in [0.717, 1.165) is 0 Å². The third kappa shape index (κ3) is 6.04. The first-order chi connectivity index (χ1) is 18.2. The summed E-state index contributed by atoms with van der Waals surface area (Å²) < 4.78 is 25.4. The highest BCUT2D eigenvalue weighted by molar-refractivity contribution is 6.37. The van der Waals surface area contributed by atoms with Crippen molar-refractivity contribution in [1.82, 2.24) is 40.9 Å². The lowest BCUT2D eigenvalue weighted by Crippen LogP contribution is -2.48. The molecule has 3 aromatic heterocycles. The van der Waals surface area contributed by atoms with Crippen LogP contribution in [0.3, 0.4) is 0 Å². The average molecular weight is 563 g/mol. The maximum absolute atomic E-state index is 15.3. The Hall–Kier alpha value is -3.74. The third-order valence-corrected chi connectivity index (χ3v) is 6.11. The van der Waals surface area contributed by atoms with E-state index in [0.29, 0.717) is 50.6 Å². The Morgan fingerprint density at radius 1 is 1.26 bits per heavy atom. The van der Waals surface area contributed by atoms with Crippen LogP contribution >= 0.6 is 23.2 Å². The summed E-state index contributed by atoms with van der Waals surface area (Å²) in [5, 5.41) is 16.9. The van der Waals surface area contributed by atoms with E-state index in [4.69, 9.17) is 32.5 Å². The zero-order valence-corrected chi connectivity index (χ0v) is 22.5. The number of nitrogens with one attached hydrogen (secondary N) is 2. The molecule has 0 radical (unpaired) electrons. The number of aryl methyl sites for hydroxylation is 1. The van der Waals surface area contributed by atoms with Crippen LogP contribution in [0, 0.1) is 5.82 Å². The molecular formula is C24H25Cl2FN8O3. The second-order valence-electron chi connectivity index (χ2n) is 8.21. The molecule has 4 aromatic rings. The van der Waals surface area contributed by atoms with Gasteiger partial charge in [0.25, 0.3) is 5.88 Å². The van der Waals surface area contributed by atoms with Crippen molar-refractivity contribution in [2.45, 2.75) is 26.4 Å². The van der Waals surface area contributed by atoms with Gasteiger partial charge < -0.3 is 14.6 Å². The first-order valence-electron chi connectivity index (χ1n) is 11.5. The molecule has 0 aliphatic rings. The van der Waals surface area contributed by atoms with Crippen LogP contribution in [0.1, 0.15) is 31.3 Å². The van der Waals surface area contributed by atoms with Crippen molar-refractivity contribution in [2.75, 3.05) is 13.7 Å². The summed E-state index contributed by atoms with van der Waals surface area (Å²) in [7, 11) is 3.15. The smallest absolute Gasteiger partial charge is 0.332 e. The van der Waals surface area contributed by atoms with Crippen LogP contribution in [-0.2, 0) is 13.6 Å². The number of rotatable bonds is 9. The Morgan fingerprint density at radius 2 is 2.05 bits per heavy atom. The van der Waals surface area contributed by atoms with Crippen molar-refractivity contribution in [3.8, 4) is 28.3 Å². The van der Waals surface area contributed by atoms with Gasteiger partial charge in [-0.05, 0) is 42.8 Å². The van der Waals surface area contributed by atoms with E-state index in [2.05, 4.69) is 31.1 Å². The fraction of sp³-hybridized carbons (Fsp3) is 0.292. The first-order valence-corrected chi connectivity index (χ1v) is 12.3. The maximum Gasteiger partial charge on any atom is 0.332 e. The van der Waals surface area contributed by atoms with Crippen molar-refractivity contribution < 1.29 is 18.4 Å². The predicted molar refractivity (Wildman–Crippen MR) is 139 cm³/mol. The van der Waals surface area contributed by atoms with E-state index >= 15 is 4.39 Å². The minimum atomic E-state index is -0.736. The van der Waals surface area contributed by atoms with Crippen LogP contribution in [0.25, 0.3) is 22.4 Å². The average Bonchev–Trinajstić information content (AvgIpc) is 3.52. The Bertz CT molecular complexity index is 1440. The third-order valence-electron chi connectivity index (χ3n) is 5.59. The van der Waals surface area contributed by atoms with E-state index in [9.17, 15) is 4.79 Å². The van der Waals surface area contributed by atoms with Crippen LogP contribution in [0.2, 0.25) is 10.0 Å². The second-order valence-corrected chi connectivity index (χ2v) is 9.05. The van der Waals surface area contributed by atoms with Crippen molar-refractivity contribution in [2.24, 2.45) is 7.05 Å². The number of nitrogens with zero attached hydrogens (tertiary/aromatic N) is 6.